The molecule has 0 atom stereocenters. The predicted molar refractivity (Wildman–Crippen MR) is 79.6 cm³/mol. The van der Waals surface area contributed by atoms with Crippen molar-refractivity contribution >= 4 is 28.4 Å². The molecular formula is C13H21N3O3S. The number of nitrogens with zero attached hydrogens (tertiary/aromatic N) is 2. The lowest BCUT2D eigenvalue weighted by molar-refractivity contribution is -0.118. The van der Waals surface area contributed by atoms with Crippen molar-refractivity contribution in [3.05, 3.63) is 11.3 Å². The molecule has 20 heavy (non-hydrogen) atoms. The lowest BCUT2D eigenvalue weighted by Crippen LogP contribution is -2.29. The summed E-state index contributed by atoms with van der Waals surface area (Å²) in [6.07, 6.45) is 1.10. The van der Waals surface area contributed by atoms with Crippen LogP contribution in [0.4, 0.5) is 5.00 Å². The molecule has 0 saturated heterocycles. The Morgan fingerprint density at radius 3 is 2.65 bits per heavy atom. The Kier molecular flexibility index (Phi) is 6.09. The molecule has 0 spiro atoms. The van der Waals surface area contributed by atoms with Gasteiger partial charge in [0, 0.05) is 19.5 Å². The number of rotatable bonds is 7. The smallest absolute Gasteiger partial charge is 0.340 e. The molecule has 1 aromatic heterocycles. The summed E-state index contributed by atoms with van der Waals surface area (Å²) in [6.45, 7) is 6.50. The van der Waals surface area contributed by atoms with E-state index in [9.17, 15) is 9.59 Å². The molecule has 0 saturated carbocycles. The zero-order valence-corrected chi connectivity index (χ0v) is 13.1. The van der Waals surface area contributed by atoms with Gasteiger partial charge in [0.1, 0.15) is 10.6 Å². The Labute approximate surface area is 123 Å². The molecule has 0 bridgehead atoms. The fourth-order valence-electron chi connectivity index (χ4n) is 1.74. The summed E-state index contributed by atoms with van der Waals surface area (Å²) in [5.74, 6) is -1.14. The maximum absolute atomic E-state index is 12.1. The number of hydrogen-bond donors (Lipinski definition) is 2. The minimum absolute atomic E-state index is 0.0956. The highest BCUT2D eigenvalue weighted by Crippen LogP contribution is 2.28. The van der Waals surface area contributed by atoms with E-state index in [0.29, 0.717) is 23.2 Å². The fourth-order valence-corrected chi connectivity index (χ4v) is 2.61. The van der Waals surface area contributed by atoms with Crippen LogP contribution in [0.1, 0.15) is 42.7 Å². The van der Waals surface area contributed by atoms with Crippen molar-refractivity contribution in [2.24, 2.45) is 0 Å². The Morgan fingerprint density at radius 2 is 2.10 bits per heavy atom. The minimum atomic E-state index is -1.05. The van der Waals surface area contributed by atoms with E-state index in [1.165, 1.54) is 4.90 Å². The summed E-state index contributed by atoms with van der Waals surface area (Å²) in [5.41, 5.74) is 0.560. The van der Waals surface area contributed by atoms with Gasteiger partial charge in [-0.15, -0.1) is 0 Å². The van der Waals surface area contributed by atoms with Crippen LogP contribution in [-0.4, -0.2) is 41.0 Å². The van der Waals surface area contributed by atoms with Gasteiger partial charge in [-0.2, -0.15) is 4.37 Å². The fraction of sp³-hybridized carbons (Fsp3) is 0.615. The van der Waals surface area contributed by atoms with Crippen LogP contribution in [0, 0.1) is 6.92 Å². The molecule has 1 aromatic rings. The molecule has 0 aliphatic heterocycles. The molecule has 0 unspecified atom stereocenters. The van der Waals surface area contributed by atoms with Crippen LogP contribution in [0.15, 0.2) is 0 Å². The summed E-state index contributed by atoms with van der Waals surface area (Å²) in [7, 11) is 1.59. The molecule has 0 aliphatic rings. The lowest BCUT2D eigenvalue weighted by atomic mass is 10.2. The number of carboxylic acid groups (broad SMARTS) is 1. The average molecular weight is 299 g/mol. The number of aromatic carboxylic acids is 1. The number of carboxylic acids is 1. The van der Waals surface area contributed by atoms with E-state index in [1.807, 2.05) is 13.8 Å². The second-order valence-electron chi connectivity index (χ2n) is 4.92. The van der Waals surface area contributed by atoms with Gasteiger partial charge in [-0.3, -0.25) is 4.79 Å². The Balaban J connectivity index is 2.63. The molecule has 0 radical (unpaired) electrons. The number of nitrogens with one attached hydrogen (secondary N) is 1. The van der Waals surface area contributed by atoms with E-state index in [0.717, 1.165) is 24.5 Å². The molecule has 2 N–H and O–H groups in total. The van der Waals surface area contributed by atoms with E-state index in [-0.39, 0.29) is 11.5 Å². The van der Waals surface area contributed by atoms with Crippen molar-refractivity contribution in [3.8, 4) is 0 Å². The monoisotopic (exact) mass is 299 g/mol. The number of anilines is 1. The second kappa shape index (κ2) is 7.35. The van der Waals surface area contributed by atoms with Gasteiger partial charge in [0.05, 0.1) is 5.69 Å². The second-order valence-corrected chi connectivity index (χ2v) is 5.67. The zero-order chi connectivity index (χ0) is 15.3. The maximum atomic E-state index is 12.1. The van der Waals surface area contributed by atoms with Crippen LogP contribution >= 0.6 is 11.5 Å². The number of aryl methyl sites for hydroxylation is 1. The quantitative estimate of drug-likeness (QED) is 0.751. The van der Waals surface area contributed by atoms with Gasteiger partial charge < -0.3 is 15.3 Å². The zero-order valence-electron chi connectivity index (χ0n) is 12.3. The molecule has 1 rings (SSSR count). The largest absolute Gasteiger partial charge is 0.478 e. The lowest BCUT2D eigenvalue weighted by Gasteiger charge is -2.16. The van der Waals surface area contributed by atoms with Crippen molar-refractivity contribution in [3.63, 3.8) is 0 Å². The topological polar surface area (TPSA) is 82.5 Å². The molecule has 112 valence electrons. The summed E-state index contributed by atoms with van der Waals surface area (Å²) in [4.78, 5) is 24.6. The average Bonchev–Trinajstić information content (AvgIpc) is 2.75. The first-order valence-electron chi connectivity index (χ1n) is 6.54. The van der Waals surface area contributed by atoms with Crippen molar-refractivity contribution in [1.29, 1.82) is 0 Å². The molecule has 0 aliphatic carbocycles. The van der Waals surface area contributed by atoms with Crippen LogP contribution in [0.25, 0.3) is 0 Å². The number of hydrogen-bond acceptors (Lipinski definition) is 5. The van der Waals surface area contributed by atoms with Crippen LogP contribution in [-0.2, 0) is 4.79 Å². The Morgan fingerprint density at radius 1 is 1.45 bits per heavy atom. The van der Waals surface area contributed by atoms with Crippen molar-refractivity contribution in [2.45, 2.75) is 39.7 Å². The van der Waals surface area contributed by atoms with Gasteiger partial charge in [0.15, 0.2) is 0 Å². The van der Waals surface area contributed by atoms with Crippen molar-refractivity contribution < 1.29 is 14.7 Å². The number of carbonyl (C=O) groups is 2. The molecule has 1 heterocycles. The summed E-state index contributed by atoms with van der Waals surface area (Å²) in [5, 5.41) is 12.8. The first kappa shape index (κ1) is 16.6. The van der Waals surface area contributed by atoms with Crippen molar-refractivity contribution in [1.82, 2.24) is 9.69 Å². The molecule has 0 fully saturated rings. The van der Waals surface area contributed by atoms with Crippen LogP contribution < -0.4 is 10.2 Å². The third-order valence-corrected chi connectivity index (χ3v) is 3.87. The van der Waals surface area contributed by atoms with Gasteiger partial charge in [-0.25, -0.2) is 4.79 Å². The predicted octanol–water partition coefficient (Wildman–Crippen LogP) is 1.89. The number of amides is 1. The highest BCUT2D eigenvalue weighted by molar-refractivity contribution is 7.11. The third-order valence-electron chi connectivity index (χ3n) is 2.86. The van der Waals surface area contributed by atoms with E-state index in [2.05, 4.69) is 9.69 Å². The van der Waals surface area contributed by atoms with Gasteiger partial charge in [0.25, 0.3) is 0 Å². The van der Waals surface area contributed by atoms with Crippen LogP contribution in [0.5, 0.6) is 0 Å². The van der Waals surface area contributed by atoms with E-state index in [4.69, 9.17) is 5.11 Å². The SMILES string of the molecule is Cc1nsc(N(C)C(=O)CCCNC(C)C)c1C(=O)O. The minimum Gasteiger partial charge on any atom is -0.478 e. The molecule has 6 nitrogen and oxygen atoms in total. The standard InChI is InChI=1S/C13H21N3O3S/c1-8(2)14-7-5-6-10(17)16(4)12-11(13(18)19)9(3)15-20-12/h8,14H,5-7H2,1-4H3,(H,18,19). The summed E-state index contributed by atoms with van der Waals surface area (Å²) >= 11 is 1.04. The number of carbonyl (C=O) groups excluding carboxylic acids is 1. The first-order valence-corrected chi connectivity index (χ1v) is 7.31. The Hall–Kier alpha value is -1.47. The number of aromatic nitrogens is 1. The van der Waals surface area contributed by atoms with E-state index < -0.39 is 5.97 Å². The molecule has 1 amide bonds. The molecule has 7 heteroatoms. The van der Waals surface area contributed by atoms with Crippen molar-refractivity contribution in [2.75, 3.05) is 18.5 Å². The summed E-state index contributed by atoms with van der Waals surface area (Å²) < 4.78 is 4.02. The van der Waals surface area contributed by atoms with E-state index in [1.54, 1.807) is 14.0 Å². The highest BCUT2D eigenvalue weighted by Gasteiger charge is 2.23. The first-order chi connectivity index (χ1) is 9.34. The normalized spacial score (nSPS) is 10.8. The third kappa shape index (κ3) is 4.28. The van der Waals surface area contributed by atoms with E-state index >= 15 is 0 Å². The summed E-state index contributed by atoms with van der Waals surface area (Å²) in [6, 6.07) is 0.394. The highest BCUT2D eigenvalue weighted by atomic mass is 32.1. The molecular weight excluding hydrogens is 278 g/mol. The van der Waals surface area contributed by atoms with Gasteiger partial charge in [0.2, 0.25) is 5.91 Å². The van der Waals surface area contributed by atoms with Gasteiger partial charge in [-0.1, -0.05) is 13.8 Å². The molecule has 0 aromatic carbocycles. The Bertz CT molecular complexity index is 485. The maximum Gasteiger partial charge on any atom is 0.340 e. The van der Waals surface area contributed by atoms with Gasteiger partial charge in [-0.05, 0) is 31.4 Å². The van der Waals surface area contributed by atoms with Crippen LogP contribution in [0.3, 0.4) is 0 Å². The van der Waals surface area contributed by atoms with Gasteiger partial charge >= 0.3 is 5.97 Å². The van der Waals surface area contributed by atoms with Crippen LogP contribution in [0.2, 0.25) is 0 Å².